The Morgan fingerprint density at radius 1 is 1.00 bits per heavy atom. The fourth-order valence-corrected chi connectivity index (χ4v) is 4.91. The number of nitrogens with zero attached hydrogens (tertiary/aromatic N) is 4. The maximum absolute atomic E-state index is 15.6. The van der Waals surface area contributed by atoms with E-state index in [-0.39, 0.29) is 23.9 Å². The molecule has 5 rings (SSSR count). The molecule has 0 radical (unpaired) electrons. The van der Waals surface area contributed by atoms with Gasteiger partial charge in [-0.25, -0.2) is 14.4 Å². The van der Waals surface area contributed by atoms with Crippen molar-refractivity contribution in [2.24, 2.45) is 0 Å². The highest BCUT2D eigenvalue weighted by Gasteiger charge is 2.18. The lowest BCUT2D eigenvalue weighted by Gasteiger charge is -2.16. The smallest absolute Gasteiger partial charge is 0.261 e. The lowest BCUT2D eigenvalue weighted by molar-refractivity contribution is -0.303. The number of hydrogen-bond acceptors (Lipinski definition) is 7. The zero-order valence-electron chi connectivity index (χ0n) is 23.3. The standard InChI is InChI=1S/C32H31FN4O4/c1-5-8-29-27(31(38)37(20(4)34-29)22-12-14-23(15-13-22)40-19(2)3)17-21-11-16-25(28(33)18-21)24-9-6-7-10-26(24)30-35-32(39)41-36-30/h6-7,9-16,18-19H,5,8,17H2,1-4H3,(H,35,36,39)/p-1. The van der Waals surface area contributed by atoms with E-state index in [0.29, 0.717) is 51.4 Å². The van der Waals surface area contributed by atoms with Crippen LogP contribution in [0.2, 0.25) is 0 Å². The van der Waals surface area contributed by atoms with E-state index in [2.05, 4.69) is 14.7 Å². The summed E-state index contributed by atoms with van der Waals surface area (Å²) in [7, 11) is 0. The van der Waals surface area contributed by atoms with E-state index in [1.54, 1.807) is 41.0 Å². The zero-order chi connectivity index (χ0) is 29.1. The van der Waals surface area contributed by atoms with Crippen molar-refractivity contribution in [3.63, 3.8) is 0 Å². The third-order valence-corrected chi connectivity index (χ3v) is 6.66. The van der Waals surface area contributed by atoms with Crippen LogP contribution < -0.4 is 15.4 Å². The average molecular weight is 554 g/mol. The second-order valence-corrected chi connectivity index (χ2v) is 10.1. The van der Waals surface area contributed by atoms with E-state index in [9.17, 15) is 9.90 Å². The van der Waals surface area contributed by atoms with Crippen LogP contribution in [0.5, 0.6) is 11.8 Å². The molecule has 0 N–H and O–H groups in total. The third-order valence-electron chi connectivity index (χ3n) is 6.66. The normalized spacial score (nSPS) is 11.3. The number of hydrogen-bond donors (Lipinski definition) is 0. The second kappa shape index (κ2) is 11.8. The first-order valence-corrected chi connectivity index (χ1v) is 13.5. The first kappa shape index (κ1) is 27.8. The highest BCUT2D eigenvalue weighted by molar-refractivity contribution is 5.80. The van der Waals surface area contributed by atoms with E-state index < -0.39 is 11.9 Å². The summed E-state index contributed by atoms with van der Waals surface area (Å²) in [5.74, 6) is 0.920. The van der Waals surface area contributed by atoms with Gasteiger partial charge in [0.2, 0.25) is 0 Å². The van der Waals surface area contributed by atoms with Gasteiger partial charge in [-0.05, 0) is 68.7 Å². The van der Waals surface area contributed by atoms with Crippen LogP contribution in [0.3, 0.4) is 0 Å². The van der Waals surface area contributed by atoms with Gasteiger partial charge in [0.15, 0.2) is 11.9 Å². The first-order chi connectivity index (χ1) is 19.7. The van der Waals surface area contributed by atoms with E-state index in [1.807, 2.05) is 52.0 Å². The van der Waals surface area contributed by atoms with Gasteiger partial charge in [-0.2, -0.15) is 5.16 Å². The summed E-state index contributed by atoms with van der Waals surface area (Å²) in [5.41, 5.74) is 3.70. The van der Waals surface area contributed by atoms with Crippen molar-refractivity contribution in [1.29, 1.82) is 0 Å². The number of benzene rings is 3. The largest absolute Gasteiger partial charge is 0.528 e. The van der Waals surface area contributed by atoms with Crippen molar-refractivity contribution in [1.82, 2.24) is 19.7 Å². The van der Waals surface area contributed by atoms with Crippen LogP contribution in [0.1, 0.15) is 49.8 Å². The van der Waals surface area contributed by atoms with Crippen molar-refractivity contribution in [2.45, 2.75) is 53.1 Å². The van der Waals surface area contributed by atoms with E-state index in [1.165, 1.54) is 6.07 Å². The fourth-order valence-electron chi connectivity index (χ4n) is 4.91. The molecule has 0 aliphatic rings. The van der Waals surface area contributed by atoms with Crippen molar-refractivity contribution in [2.75, 3.05) is 0 Å². The van der Waals surface area contributed by atoms with Crippen molar-refractivity contribution >= 4 is 0 Å². The molecule has 0 spiro atoms. The highest BCUT2D eigenvalue weighted by atomic mass is 19.1. The highest BCUT2D eigenvalue weighted by Crippen LogP contribution is 2.33. The molecule has 0 fully saturated rings. The molecule has 5 aromatic rings. The monoisotopic (exact) mass is 553 g/mol. The molecule has 0 saturated carbocycles. The number of rotatable bonds is 9. The van der Waals surface area contributed by atoms with Gasteiger partial charge in [0.05, 0.1) is 17.5 Å². The molecule has 0 unspecified atom stereocenters. The molecule has 9 heteroatoms. The van der Waals surface area contributed by atoms with Gasteiger partial charge >= 0.3 is 0 Å². The summed E-state index contributed by atoms with van der Waals surface area (Å²) in [6.07, 6.45) is 0.894. The molecule has 41 heavy (non-hydrogen) atoms. The van der Waals surface area contributed by atoms with Gasteiger partial charge in [0, 0.05) is 23.1 Å². The van der Waals surface area contributed by atoms with Gasteiger partial charge in [-0.3, -0.25) is 9.36 Å². The molecule has 0 aliphatic heterocycles. The number of aromatic nitrogens is 4. The molecule has 0 aliphatic carbocycles. The minimum absolute atomic E-state index is 0.0388. The molecule has 8 nitrogen and oxygen atoms in total. The van der Waals surface area contributed by atoms with Crippen LogP contribution in [0.25, 0.3) is 28.2 Å². The van der Waals surface area contributed by atoms with Gasteiger partial charge in [0.25, 0.3) is 5.56 Å². The summed E-state index contributed by atoms with van der Waals surface area (Å²) in [6, 6.07) is 19.2. The maximum Gasteiger partial charge on any atom is 0.261 e. The topological polar surface area (TPSA) is 106 Å². The van der Waals surface area contributed by atoms with Crippen molar-refractivity contribution in [3.05, 3.63) is 106 Å². The van der Waals surface area contributed by atoms with E-state index >= 15 is 4.39 Å². The lowest BCUT2D eigenvalue weighted by Crippen LogP contribution is -2.28. The number of halogens is 1. The Balaban J connectivity index is 1.52. The first-order valence-electron chi connectivity index (χ1n) is 13.5. The van der Waals surface area contributed by atoms with Crippen LogP contribution in [0, 0.1) is 12.7 Å². The quantitative estimate of drug-likeness (QED) is 0.227. The SMILES string of the molecule is CCCc1nc(C)n(-c2ccc(OC(C)C)cc2)c(=O)c1Cc1ccc(-c2ccccc2-c2noc([O-])n2)c(F)c1. The summed E-state index contributed by atoms with van der Waals surface area (Å²) < 4.78 is 27.5. The third kappa shape index (κ3) is 5.89. The Hall–Kier alpha value is -4.79. The van der Waals surface area contributed by atoms with Crippen LogP contribution in [0.4, 0.5) is 4.39 Å². The van der Waals surface area contributed by atoms with Crippen LogP contribution >= 0.6 is 0 Å². The summed E-state index contributed by atoms with van der Waals surface area (Å²) in [6.45, 7) is 7.76. The summed E-state index contributed by atoms with van der Waals surface area (Å²) in [5, 5.41) is 15.1. The molecule has 0 bridgehead atoms. The van der Waals surface area contributed by atoms with E-state index in [4.69, 9.17) is 9.72 Å². The molecular weight excluding hydrogens is 523 g/mol. The molecule has 3 aromatic carbocycles. The Kier molecular flexibility index (Phi) is 7.96. The molecule has 2 aromatic heterocycles. The lowest BCUT2D eigenvalue weighted by atomic mass is 9.95. The van der Waals surface area contributed by atoms with Crippen molar-refractivity contribution < 1.29 is 18.8 Å². The van der Waals surface area contributed by atoms with Gasteiger partial charge < -0.3 is 14.4 Å². The fraction of sp³-hybridized carbons (Fsp3) is 0.250. The Morgan fingerprint density at radius 3 is 2.37 bits per heavy atom. The van der Waals surface area contributed by atoms with Crippen LogP contribution in [-0.2, 0) is 12.8 Å². The minimum Gasteiger partial charge on any atom is -0.528 e. The number of aryl methyl sites for hydroxylation is 2. The predicted molar refractivity (Wildman–Crippen MR) is 152 cm³/mol. The minimum atomic E-state index is -0.814. The Morgan fingerprint density at radius 2 is 1.73 bits per heavy atom. The summed E-state index contributed by atoms with van der Waals surface area (Å²) in [4.78, 5) is 22.4. The molecule has 0 amide bonds. The average Bonchev–Trinajstić information content (AvgIpc) is 3.38. The zero-order valence-corrected chi connectivity index (χ0v) is 23.3. The van der Waals surface area contributed by atoms with Gasteiger partial charge in [-0.15, -0.1) is 0 Å². The Labute approximate surface area is 237 Å². The molecule has 0 saturated heterocycles. The van der Waals surface area contributed by atoms with Crippen LogP contribution in [-0.4, -0.2) is 25.8 Å². The molecular formula is C32H30FN4O4-. The Bertz CT molecular complexity index is 1740. The second-order valence-electron chi connectivity index (χ2n) is 10.1. The molecule has 2 heterocycles. The molecule has 0 atom stereocenters. The van der Waals surface area contributed by atoms with Gasteiger partial charge in [-0.1, -0.05) is 49.7 Å². The predicted octanol–water partition coefficient (Wildman–Crippen LogP) is 5.80. The molecule has 210 valence electrons. The number of ether oxygens (including phenoxy) is 1. The van der Waals surface area contributed by atoms with Gasteiger partial charge in [0.1, 0.15) is 17.4 Å². The maximum atomic E-state index is 15.6. The van der Waals surface area contributed by atoms with Crippen molar-refractivity contribution in [3.8, 4) is 40.0 Å². The summed E-state index contributed by atoms with van der Waals surface area (Å²) >= 11 is 0. The van der Waals surface area contributed by atoms with Crippen LogP contribution in [0.15, 0.2) is 76.0 Å². The van der Waals surface area contributed by atoms with E-state index in [0.717, 1.165) is 12.2 Å².